The van der Waals surface area contributed by atoms with Crippen molar-refractivity contribution in [1.29, 1.82) is 0 Å². The summed E-state index contributed by atoms with van der Waals surface area (Å²) in [5.74, 6) is -0.949. The van der Waals surface area contributed by atoms with Gasteiger partial charge in [0.1, 0.15) is 17.2 Å². The molecule has 2 aromatic carbocycles. The molecule has 180 valence electrons. The van der Waals surface area contributed by atoms with Gasteiger partial charge in [0.2, 0.25) is 0 Å². The third-order valence-corrected chi connectivity index (χ3v) is 5.35. The van der Waals surface area contributed by atoms with E-state index in [4.69, 9.17) is 33.2 Å². The highest BCUT2D eigenvalue weighted by Crippen LogP contribution is 2.48. The quantitative estimate of drug-likeness (QED) is 0.368. The molecule has 0 fully saturated rings. The molecule has 0 aromatic heterocycles. The van der Waals surface area contributed by atoms with Crippen molar-refractivity contribution in [2.24, 2.45) is 5.92 Å². The molecule has 0 aliphatic heterocycles. The van der Waals surface area contributed by atoms with Gasteiger partial charge in [0.25, 0.3) is 0 Å². The molecule has 0 aliphatic rings. The molecule has 0 aliphatic carbocycles. The zero-order valence-corrected chi connectivity index (χ0v) is 19.9. The molecule has 0 amide bonds. The molecule has 9 heteroatoms. The molecule has 0 N–H and O–H groups in total. The second kappa shape index (κ2) is 11.8. The van der Waals surface area contributed by atoms with Gasteiger partial charge >= 0.3 is 11.9 Å². The third-order valence-electron chi connectivity index (χ3n) is 5.35. The van der Waals surface area contributed by atoms with E-state index in [0.29, 0.717) is 39.9 Å². The summed E-state index contributed by atoms with van der Waals surface area (Å²) >= 11 is 0. The maximum atomic E-state index is 12.5. The first kappa shape index (κ1) is 25.6. The van der Waals surface area contributed by atoms with Gasteiger partial charge in [0.15, 0.2) is 17.4 Å². The highest BCUT2D eigenvalue weighted by Gasteiger charge is 2.37. The van der Waals surface area contributed by atoms with Crippen molar-refractivity contribution >= 4 is 11.9 Å². The number of rotatable bonds is 11. The number of ether oxygens (including phenoxy) is 7. The minimum absolute atomic E-state index is 0.0120. The van der Waals surface area contributed by atoms with Crippen molar-refractivity contribution in [2.75, 3.05) is 49.8 Å². The van der Waals surface area contributed by atoms with E-state index in [-0.39, 0.29) is 6.42 Å². The summed E-state index contributed by atoms with van der Waals surface area (Å²) in [5.41, 5.74) is 1.24. The Hall–Kier alpha value is -3.62. The van der Waals surface area contributed by atoms with E-state index in [0.717, 1.165) is 0 Å². The van der Waals surface area contributed by atoms with Gasteiger partial charge in [0, 0.05) is 29.2 Å². The van der Waals surface area contributed by atoms with Gasteiger partial charge < -0.3 is 33.2 Å². The lowest BCUT2D eigenvalue weighted by Gasteiger charge is -2.27. The van der Waals surface area contributed by atoms with Gasteiger partial charge in [-0.2, -0.15) is 0 Å². The number of carbonyl (C=O) groups excluding carboxylic acids is 2. The zero-order valence-electron chi connectivity index (χ0n) is 19.9. The standard InChI is InChI=1S/C24H30O9/c1-27-14-11-19(29-3)21(20(12-14)30-4)16(13-17(23(25)32-6)24(26)33-7)15-9-8-10-18(28-2)22(15)31-5/h8-12,16-17H,13H2,1-7H3. The fourth-order valence-corrected chi connectivity index (χ4v) is 3.77. The Labute approximate surface area is 193 Å². The number of carbonyl (C=O) groups is 2. The number of hydrogen-bond acceptors (Lipinski definition) is 9. The fraction of sp³-hybridized carbons (Fsp3) is 0.417. The van der Waals surface area contributed by atoms with Crippen LogP contribution >= 0.6 is 0 Å². The van der Waals surface area contributed by atoms with Crippen molar-refractivity contribution < 1.29 is 42.7 Å². The van der Waals surface area contributed by atoms with Crippen LogP contribution in [0.1, 0.15) is 23.5 Å². The van der Waals surface area contributed by atoms with Gasteiger partial charge in [-0.05, 0) is 12.5 Å². The Balaban J connectivity index is 2.85. The summed E-state index contributed by atoms with van der Waals surface area (Å²) in [5, 5.41) is 0. The molecule has 33 heavy (non-hydrogen) atoms. The van der Waals surface area contributed by atoms with Crippen molar-refractivity contribution in [3.8, 4) is 28.7 Å². The van der Waals surface area contributed by atoms with E-state index in [1.54, 1.807) is 24.3 Å². The average molecular weight is 462 g/mol. The van der Waals surface area contributed by atoms with Gasteiger partial charge in [-0.1, -0.05) is 12.1 Å². The van der Waals surface area contributed by atoms with E-state index in [2.05, 4.69) is 0 Å². The van der Waals surface area contributed by atoms with Crippen LogP contribution < -0.4 is 23.7 Å². The summed E-state index contributed by atoms with van der Waals surface area (Å²) < 4.78 is 37.5. The summed E-state index contributed by atoms with van der Waals surface area (Å²) in [6.45, 7) is 0. The first-order valence-electron chi connectivity index (χ1n) is 10.1. The molecule has 9 nitrogen and oxygen atoms in total. The van der Waals surface area contributed by atoms with E-state index in [1.165, 1.54) is 49.8 Å². The molecule has 2 aromatic rings. The summed E-state index contributed by atoms with van der Waals surface area (Å²) in [6, 6.07) is 8.75. The molecular formula is C24H30O9. The fourth-order valence-electron chi connectivity index (χ4n) is 3.77. The molecule has 0 saturated carbocycles. The van der Waals surface area contributed by atoms with E-state index in [9.17, 15) is 9.59 Å². The predicted octanol–water partition coefficient (Wildman–Crippen LogP) is 3.21. The Kier molecular flexibility index (Phi) is 9.20. The number of esters is 2. The molecule has 0 bridgehead atoms. The van der Waals surface area contributed by atoms with Crippen LogP contribution in [0.5, 0.6) is 28.7 Å². The van der Waals surface area contributed by atoms with Crippen LogP contribution in [0.15, 0.2) is 30.3 Å². The van der Waals surface area contributed by atoms with Crippen molar-refractivity contribution in [3.05, 3.63) is 41.5 Å². The lowest BCUT2D eigenvalue weighted by Crippen LogP contribution is -2.29. The van der Waals surface area contributed by atoms with Gasteiger partial charge in [-0.25, -0.2) is 0 Å². The minimum atomic E-state index is -1.21. The first-order chi connectivity index (χ1) is 15.9. The molecule has 0 heterocycles. The van der Waals surface area contributed by atoms with E-state index >= 15 is 0 Å². The molecule has 0 saturated heterocycles. The van der Waals surface area contributed by atoms with Crippen LogP contribution in [0.2, 0.25) is 0 Å². The number of benzene rings is 2. The second-order valence-electron chi connectivity index (χ2n) is 6.92. The topological polar surface area (TPSA) is 98.8 Å². The molecule has 0 radical (unpaired) electrons. The zero-order chi connectivity index (χ0) is 24.5. The van der Waals surface area contributed by atoms with Gasteiger partial charge in [-0.3, -0.25) is 9.59 Å². The molecule has 1 atom stereocenters. The smallest absolute Gasteiger partial charge is 0.320 e. The Morgan fingerprint density at radius 3 is 1.70 bits per heavy atom. The summed E-state index contributed by atoms with van der Waals surface area (Å²) in [7, 11) is 10.0. The van der Waals surface area contributed by atoms with Gasteiger partial charge in [-0.15, -0.1) is 0 Å². The van der Waals surface area contributed by atoms with Crippen LogP contribution in [0.4, 0.5) is 0 Å². The minimum Gasteiger partial charge on any atom is -0.496 e. The molecule has 0 spiro atoms. The molecule has 2 rings (SSSR count). The largest absolute Gasteiger partial charge is 0.496 e. The predicted molar refractivity (Wildman–Crippen MR) is 120 cm³/mol. The van der Waals surface area contributed by atoms with Crippen molar-refractivity contribution in [2.45, 2.75) is 12.3 Å². The normalized spacial score (nSPS) is 11.4. The summed E-state index contributed by atoms with van der Waals surface area (Å²) in [6.07, 6.45) is -0.0120. The average Bonchev–Trinajstić information content (AvgIpc) is 2.87. The molecular weight excluding hydrogens is 432 g/mol. The summed E-state index contributed by atoms with van der Waals surface area (Å²) in [4.78, 5) is 25.1. The Morgan fingerprint density at radius 1 is 0.727 bits per heavy atom. The lowest BCUT2D eigenvalue weighted by molar-refractivity contribution is -0.159. The number of methoxy groups -OCH3 is 7. The monoisotopic (exact) mass is 462 g/mol. The number of hydrogen-bond donors (Lipinski definition) is 0. The number of para-hydroxylation sites is 1. The van der Waals surface area contributed by atoms with Crippen molar-refractivity contribution in [3.63, 3.8) is 0 Å². The lowest BCUT2D eigenvalue weighted by atomic mass is 9.81. The van der Waals surface area contributed by atoms with E-state index < -0.39 is 23.8 Å². The third kappa shape index (κ3) is 5.42. The maximum Gasteiger partial charge on any atom is 0.320 e. The van der Waals surface area contributed by atoms with Crippen LogP contribution in [0.3, 0.4) is 0 Å². The van der Waals surface area contributed by atoms with Crippen LogP contribution in [0.25, 0.3) is 0 Å². The van der Waals surface area contributed by atoms with Crippen LogP contribution in [0, 0.1) is 5.92 Å². The van der Waals surface area contributed by atoms with Crippen molar-refractivity contribution in [1.82, 2.24) is 0 Å². The van der Waals surface area contributed by atoms with Gasteiger partial charge in [0.05, 0.1) is 49.8 Å². The Morgan fingerprint density at radius 2 is 1.27 bits per heavy atom. The maximum absolute atomic E-state index is 12.5. The van der Waals surface area contributed by atoms with E-state index in [1.807, 2.05) is 6.07 Å². The highest BCUT2D eigenvalue weighted by atomic mass is 16.5. The molecule has 1 unspecified atom stereocenters. The second-order valence-corrected chi connectivity index (χ2v) is 6.92. The van der Waals surface area contributed by atoms with Crippen LogP contribution in [-0.2, 0) is 19.1 Å². The highest BCUT2D eigenvalue weighted by molar-refractivity contribution is 5.95. The van der Waals surface area contributed by atoms with Crippen LogP contribution in [-0.4, -0.2) is 61.7 Å². The Bertz CT molecular complexity index is 929. The first-order valence-corrected chi connectivity index (χ1v) is 10.1. The SMILES string of the molecule is COC(=O)C(CC(c1cccc(OC)c1OC)c1c(OC)cc(OC)cc1OC)C(=O)OC.